The summed E-state index contributed by atoms with van der Waals surface area (Å²) in [6.45, 7) is 5.32. The summed E-state index contributed by atoms with van der Waals surface area (Å²) >= 11 is 1.75. The van der Waals surface area contributed by atoms with E-state index in [0.717, 1.165) is 12.0 Å². The van der Waals surface area contributed by atoms with E-state index in [9.17, 15) is 9.59 Å². The number of hydrogen-bond donors (Lipinski definition) is 0. The molecule has 1 atom stereocenters. The first-order valence-corrected chi connectivity index (χ1v) is 12.2. The van der Waals surface area contributed by atoms with Gasteiger partial charge in [-0.3, -0.25) is 9.59 Å². The molecule has 1 aliphatic heterocycles. The van der Waals surface area contributed by atoms with Crippen molar-refractivity contribution in [3.8, 4) is 5.75 Å². The first-order valence-electron chi connectivity index (χ1n) is 11.3. The van der Waals surface area contributed by atoms with Crippen LogP contribution in [0.15, 0.2) is 66.0 Å². The molecular weight excluding hydrogens is 432 g/mol. The second kappa shape index (κ2) is 10.2. The standard InChI is InChI=1S/C27H30N2O3S/c1-19(2)17-28(27(31)21-10-7-11-22(16-21)32-3)18-25(30)29-14-12-24-23(13-15-33-24)26(29)20-8-5-4-6-9-20/h4-11,13,15-16,19,26H,12,14,17-18H2,1-3H3. The van der Waals surface area contributed by atoms with E-state index in [1.54, 1.807) is 41.5 Å². The number of thiophene rings is 1. The summed E-state index contributed by atoms with van der Waals surface area (Å²) in [7, 11) is 1.58. The van der Waals surface area contributed by atoms with Crippen LogP contribution in [-0.4, -0.2) is 48.4 Å². The highest BCUT2D eigenvalue weighted by molar-refractivity contribution is 7.10. The summed E-state index contributed by atoms with van der Waals surface area (Å²) in [5.41, 5.74) is 2.82. The number of benzene rings is 2. The molecule has 6 heteroatoms. The van der Waals surface area contributed by atoms with Gasteiger partial charge in [0, 0.05) is 23.5 Å². The molecular formula is C27H30N2O3S. The van der Waals surface area contributed by atoms with Crippen LogP contribution >= 0.6 is 11.3 Å². The Kier molecular flexibility index (Phi) is 7.14. The Morgan fingerprint density at radius 1 is 1.12 bits per heavy atom. The number of ether oxygens (including phenoxy) is 1. The summed E-state index contributed by atoms with van der Waals surface area (Å²) in [5, 5.41) is 2.10. The van der Waals surface area contributed by atoms with Crippen LogP contribution < -0.4 is 4.74 Å². The third-order valence-corrected chi connectivity index (χ3v) is 6.91. The Morgan fingerprint density at radius 2 is 1.91 bits per heavy atom. The van der Waals surface area contributed by atoms with Crippen molar-refractivity contribution >= 4 is 23.2 Å². The molecule has 0 bridgehead atoms. The van der Waals surface area contributed by atoms with E-state index in [2.05, 4.69) is 37.4 Å². The summed E-state index contributed by atoms with van der Waals surface area (Å²) in [6.07, 6.45) is 0.843. The molecule has 0 saturated carbocycles. The van der Waals surface area contributed by atoms with Gasteiger partial charge in [-0.25, -0.2) is 0 Å². The topological polar surface area (TPSA) is 49.9 Å². The molecule has 1 unspecified atom stereocenters. The maximum Gasteiger partial charge on any atom is 0.254 e. The normalized spacial score (nSPS) is 15.3. The highest BCUT2D eigenvalue weighted by Crippen LogP contribution is 2.37. The number of rotatable bonds is 7. The molecule has 0 spiro atoms. The van der Waals surface area contributed by atoms with Gasteiger partial charge in [-0.2, -0.15) is 0 Å². The second-order valence-corrected chi connectivity index (χ2v) is 9.76. The number of amides is 2. The van der Waals surface area contributed by atoms with Crippen LogP contribution in [0.3, 0.4) is 0 Å². The third kappa shape index (κ3) is 5.11. The van der Waals surface area contributed by atoms with Crippen molar-refractivity contribution in [3.05, 3.63) is 87.6 Å². The first kappa shape index (κ1) is 23.1. The molecule has 0 N–H and O–H groups in total. The van der Waals surface area contributed by atoms with Crippen molar-refractivity contribution < 1.29 is 14.3 Å². The summed E-state index contributed by atoms with van der Waals surface area (Å²) in [6, 6.07) is 19.3. The molecule has 33 heavy (non-hydrogen) atoms. The maximum absolute atomic E-state index is 13.7. The molecule has 0 saturated heterocycles. The van der Waals surface area contributed by atoms with Gasteiger partial charge in [0.1, 0.15) is 12.3 Å². The van der Waals surface area contributed by atoms with Crippen molar-refractivity contribution in [2.75, 3.05) is 26.7 Å². The molecule has 2 heterocycles. The van der Waals surface area contributed by atoms with E-state index >= 15 is 0 Å². The molecule has 172 valence electrons. The lowest BCUT2D eigenvalue weighted by atomic mass is 9.93. The smallest absolute Gasteiger partial charge is 0.254 e. The molecule has 2 amide bonds. The van der Waals surface area contributed by atoms with E-state index in [0.29, 0.717) is 24.4 Å². The maximum atomic E-state index is 13.7. The van der Waals surface area contributed by atoms with Gasteiger partial charge in [-0.1, -0.05) is 50.2 Å². The molecule has 5 nitrogen and oxygen atoms in total. The minimum atomic E-state index is -0.152. The zero-order chi connectivity index (χ0) is 23.4. The van der Waals surface area contributed by atoms with Crippen LogP contribution in [0.25, 0.3) is 0 Å². The van der Waals surface area contributed by atoms with Gasteiger partial charge in [-0.15, -0.1) is 11.3 Å². The number of nitrogens with zero attached hydrogens (tertiary/aromatic N) is 2. The van der Waals surface area contributed by atoms with Crippen molar-refractivity contribution in [3.63, 3.8) is 0 Å². The van der Waals surface area contributed by atoms with E-state index in [-0.39, 0.29) is 30.3 Å². The SMILES string of the molecule is COc1cccc(C(=O)N(CC(=O)N2CCc3sccc3C2c2ccccc2)CC(C)C)c1. The van der Waals surface area contributed by atoms with Crippen LogP contribution in [-0.2, 0) is 11.2 Å². The van der Waals surface area contributed by atoms with E-state index < -0.39 is 0 Å². The summed E-state index contributed by atoms with van der Waals surface area (Å²) in [4.78, 5) is 32.0. The minimum Gasteiger partial charge on any atom is -0.497 e. The van der Waals surface area contributed by atoms with Crippen molar-refractivity contribution in [1.82, 2.24) is 9.80 Å². The fourth-order valence-corrected chi connectivity index (χ4v) is 5.34. The van der Waals surface area contributed by atoms with Crippen molar-refractivity contribution in [1.29, 1.82) is 0 Å². The molecule has 1 aromatic heterocycles. The molecule has 0 radical (unpaired) electrons. The van der Waals surface area contributed by atoms with Gasteiger partial charge in [0.2, 0.25) is 5.91 Å². The average molecular weight is 463 g/mol. The fourth-order valence-electron chi connectivity index (χ4n) is 4.43. The Balaban J connectivity index is 1.61. The van der Waals surface area contributed by atoms with E-state index in [4.69, 9.17) is 4.74 Å². The summed E-state index contributed by atoms with van der Waals surface area (Å²) in [5.74, 6) is 0.682. The quantitative estimate of drug-likeness (QED) is 0.495. The number of hydrogen-bond acceptors (Lipinski definition) is 4. The molecule has 2 aromatic carbocycles. The Bertz CT molecular complexity index is 1110. The van der Waals surface area contributed by atoms with Gasteiger partial charge in [0.05, 0.1) is 13.2 Å². The molecule has 0 aliphatic carbocycles. The molecule has 3 aromatic rings. The summed E-state index contributed by atoms with van der Waals surface area (Å²) < 4.78 is 5.29. The average Bonchev–Trinajstić information content (AvgIpc) is 3.31. The number of methoxy groups -OCH3 is 1. The zero-order valence-corrected chi connectivity index (χ0v) is 20.2. The number of fused-ring (bicyclic) bond motifs is 1. The van der Waals surface area contributed by atoms with E-state index in [1.165, 1.54) is 10.4 Å². The number of carbonyl (C=O) groups excluding carboxylic acids is 2. The zero-order valence-electron chi connectivity index (χ0n) is 19.4. The molecule has 4 rings (SSSR count). The van der Waals surface area contributed by atoms with Crippen LogP contribution in [0, 0.1) is 5.92 Å². The lowest BCUT2D eigenvalue weighted by Crippen LogP contribution is -2.47. The van der Waals surface area contributed by atoms with Crippen LogP contribution in [0.2, 0.25) is 0 Å². The van der Waals surface area contributed by atoms with Crippen LogP contribution in [0.4, 0.5) is 0 Å². The Hall–Kier alpha value is -3.12. The number of carbonyl (C=O) groups is 2. The van der Waals surface area contributed by atoms with Crippen LogP contribution in [0.5, 0.6) is 5.75 Å². The fraction of sp³-hybridized carbons (Fsp3) is 0.333. The lowest BCUT2D eigenvalue weighted by Gasteiger charge is -2.38. The van der Waals surface area contributed by atoms with Crippen molar-refractivity contribution in [2.24, 2.45) is 5.92 Å². The third-order valence-electron chi connectivity index (χ3n) is 5.92. The second-order valence-electron chi connectivity index (χ2n) is 8.76. The predicted octanol–water partition coefficient (Wildman–Crippen LogP) is 5.03. The molecule has 0 fully saturated rings. The van der Waals surface area contributed by atoms with Gasteiger partial charge < -0.3 is 14.5 Å². The monoisotopic (exact) mass is 462 g/mol. The van der Waals surface area contributed by atoms with Gasteiger partial charge >= 0.3 is 0 Å². The first-order chi connectivity index (χ1) is 16.0. The van der Waals surface area contributed by atoms with Gasteiger partial charge in [-0.05, 0) is 53.1 Å². The minimum absolute atomic E-state index is 0.0300. The van der Waals surface area contributed by atoms with Crippen LogP contribution in [0.1, 0.15) is 46.3 Å². The van der Waals surface area contributed by atoms with Gasteiger partial charge in [0.15, 0.2) is 0 Å². The highest BCUT2D eigenvalue weighted by atomic mass is 32.1. The van der Waals surface area contributed by atoms with E-state index in [1.807, 2.05) is 29.2 Å². The van der Waals surface area contributed by atoms with Crippen molar-refractivity contribution in [2.45, 2.75) is 26.3 Å². The largest absolute Gasteiger partial charge is 0.497 e. The highest BCUT2D eigenvalue weighted by Gasteiger charge is 2.34. The van der Waals surface area contributed by atoms with Gasteiger partial charge in [0.25, 0.3) is 5.91 Å². The Labute approximate surface area is 199 Å². The molecule has 1 aliphatic rings. The predicted molar refractivity (Wildman–Crippen MR) is 132 cm³/mol. The Morgan fingerprint density at radius 3 is 2.64 bits per heavy atom. The lowest BCUT2D eigenvalue weighted by molar-refractivity contribution is -0.134.